The number of hydrogen-bond donors (Lipinski definition) is 1. The van der Waals surface area contributed by atoms with Crippen molar-refractivity contribution in [3.05, 3.63) is 23.0 Å². The summed E-state index contributed by atoms with van der Waals surface area (Å²) in [5.74, 6) is 2.21. The van der Waals surface area contributed by atoms with Gasteiger partial charge in [0.2, 0.25) is 0 Å². The summed E-state index contributed by atoms with van der Waals surface area (Å²) in [6.45, 7) is 6.68. The van der Waals surface area contributed by atoms with Crippen molar-refractivity contribution in [3.8, 4) is 0 Å². The summed E-state index contributed by atoms with van der Waals surface area (Å²) >= 11 is 0. The first-order valence-electron chi connectivity index (χ1n) is 6.61. The Morgan fingerprint density at radius 1 is 1.37 bits per heavy atom. The molecule has 0 radical (unpaired) electrons. The van der Waals surface area contributed by atoms with Crippen molar-refractivity contribution in [1.82, 2.24) is 30.4 Å². The maximum atomic E-state index is 4.75. The van der Waals surface area contributed by atoms with Gasteiger partial charge in [0.25, 0.3) is 0 Å². The predicted molar refractivity (Wildman–Crippen MR) is 67.4 cm³/mol. The van der Waals surface area contributed by atoms with Gasteiger partial charge in [-0.2, -0.15) is 5.10 Å². The number of nitrogens with one attached hydrogen (secondary N) is 1. The molecule has 3 heterocycles. The van der Waals surface area contributed by atoms with Gasteiger partial charge >= 0.3 is 0 Å². The largest absolute Gasteiger partial charge is 0.297 e. The average Bonchev–Trinajstić information content (AvgIpc) is 3.00. The quantitative estimate of drug-likeness (QED) is 0.894. The first-order valence-corrected chi connectivity index (χ1v) is 6.61. The van der Waals surface area contributed by atoms with Gasteiger partial charge in [-0.25, -0.2) is 9.61 Å². The van der Waals surface area contributed by atoms with Gasteiger partial charge in [0.15, 0.2) is 5.82 Å². The summed E-state index contributed by atoms with van der Waals surface area (Å²) in [7, 11) is 0. The Kier molecular flexibility index (Phi) is 3.29. The standard InChI is InChI=1S/C12H18N6O/c1-8-11(17-19-16-8)7-18-5-3-4-10(6-18)12-13-9(2)14-15-12/h10H,3-7H2,1-2H3,(H,13,14,15). The van der Waals surface area contributed by atoms with Crippen molar-refractivity contribution in [2.24, 2.45) is 0 Å². The van der Waals surface area contributed by atoms with E-state index < -0.39 is 0 Å². The molecule has 0 bridgehead atoms. The van der Waals surface area contributed by atoms with E-state index in [4.69, 9.17) is 4.63 Å². The second kappa shape index (κ2) is 5.08. The minimum atomic E-state index is 0.402. The van der Waals surface area contributed by atoms with Gasteiger partial charge in [0, 0.05) is 19.0 Å². The molecule has 1 unspecified atom stereocenters. The molecule has 0 aliphatic carbocycles. The first kappa shape index (κ1) is 12.3. The minimum Gasteiger partial charge on any atom is -0.297 e. The molecule has 1 saturated heterocycles. The maximum absolute atomic E-state index is 4.75. The number of likely N-dealkylation sites (tertiary alicyclic amines) is 1. The zero-order valence-electron chi connectivity index (χ0n) is 11.3. The fourth-order valence-electron chi connectivity index (χ4n) is 2.56. The van der Waals surface area contributed by atoms with E-state index in [0.29, 0.717) is 5.92 Å². The van der Waals surface area contributed by atoms with Crippen LogP contribution in [-0.2, 0) is 6.54 Å². The van der Waals surface area contributed by atoms with Crippen LogP contribution >= 0.6 is 0 Å². The van der Waals surface area contributed by atoms with Gasteiger partial charge in [0.05, 0.1) is 0 Å². The highest BCUT2D eigenvalue weighted by Crippen LogP contribution is 2.25. The molecule has 7 nitrogen and oxygen atoms in total. The van der Waals surface area contributed by atoms with E-state index in [-0.39, 0.29) is 0 Å². The van der Waals surface area contributed by atoms with Crippen LogP contribution in [0.15, 0.2) is 4.63 Å². The predicted octanol–water partition coefficient (Wildman–Crippen LogP) is 1.18. The summed E-state index contributed by atoms with van der Waals surface area (Å²) in [5, 5.41) is 15.0. The Labute approximate surface area is 111 Å². The first-order chi connectivity index (χ1) is 9.22. The molecule has 1 aliphatic rings. The lowest BCUT2D eigenvalue weighted by molar-refractivity contribution is 0.190. The monoisotopic (exact) mass is 262 g/mol. The number of hydrogen-bond acceptors (Lipinski definition) is 6. The SMILES string of the molecule is Cc1nc(C2CCCN(Cc3nonc3C)C2)n[nH]1. The average molecular weight is 262 g/mol. The van der Waals surface area contributed by atoms with Gasteiger partial charge in [-0.05, 0) is 33.2 Å². The third-order valence-electron chi connectivity index (χ3n) is 3.60. The number of piperidine rings is 1. The molecule has 102 valence electrons. The number of aromatic amines is 1. The van der Waals surface area contributed by atoms with Crippen LogP contribution in [0.25, 0.3) is 0 Å². The number of H-pyrrole nitrogens is 1. The molecular weight excluding hydrogens is 244 g/mol. The zero-order chi connectivity index (χ0) is 13.2. The fraction of sp³-hybridized carbons (Fsp3) is 0.667. The Morgan fingerprint density at radius 3 is 2.95 bits per heavy atom. The number of aryl methyl sites for hydroxylation is 2. The smallest absolute Gasteiger partial charge is 0.155 e. The third-order valence-corrected chi connectivity index (χ3v) is 3.60. The molecule has 1 N–H and O–H groups in total. The van der Waals surface area contributed by atoms with E-state index in [9.17, 15) is 0 Å². The van der Waals surface area contributed by atoms with Crippen molar-refractivity contribution >= 4 is 0 Å². The summed E-state index contributed by atoms with van der Waals surface area (Å²) in [4.78, 5) is 6.81. The lowest BCUT2D eigenvalue weighted by Crippen LogP contribution is -2.34. The van der Waals surface area contributed by atoms with Crippen LogP contribution in [0.2, 0.25) is 0 Å². The van der Waals surface area contributed by atoms with Gasteiger partial charge in [-0.15, -0.1) is 0 Å². The van der Waals surface area contributed by atoms with Crippen LogP contribution < -0.4 is 0 Å². The van der Waals surface area contributed by atoms with Crippen molar-refractivity contribution in [3.63, 3.8) is 0 Å². The molecule has 1 fully saturated rings. The minimum absolute atomic E-state index is 0.402. The molecule has 1 atom stereocenters. The highest BCUT2D eigenvalue weighted by atomic mass is 16.6. The molecule has 0 aromatic carbocycles. The molecule has 19 heavy (non-hydrogen) atoms. The zero-order valence-corrected chi connectivity index (χ0v) is 11.3. The van der Waals surface area contributed by atoms with E-state index in [1.54, 1.807) is 0 Å². The normalized spacial score (nSPS) is 20.8. The van der Waals surface area contributed by atoms with Crippen LogP contribution in [-0.4, -0.2) is 43.5 Å². The van der Waals surface area contributed by atoms with E-state index in [2.05, 4.69) is 30.4 Å². The molecular formula is C12H18N6O. The van der Waals surface area contributed by atoms with Gasteiger partial charge in [-0.1, -0.05) is 10.3 Å². The number of aromatic nitrogens is 5. The second-order valence-electron chi connectivity index (χ2n) is 5.15. The third kappa shape index (κ3) is 2.65. The van der Waals surface area contributed by atoms with Crippen molar-refractivity contribution in [1.29, 1.82) is 0 Å². The van der Waals surface area contributed by atoms with Crippen LogP contribution in [0, 0.1) is 13.8 Å². The molecule has 1 aliphatic heterocycles. The van der Waals surface area contributed by atoms with Crippen LogP contribution in [0.5, 0.6) is 0 Å². The molecule has 2 aromatic heterocycles. The molecule has 2 aromatic rings. The summed E-state index contributed by atoms with van der Waals surface area (Å²) in [5.41, 5.74) is 1.79. The highest BCUT2D eigenvalue weighted by molar-refractivity contribution is 5.06. The Morgan fingerprint density at radius 2 is 2.26 bits per heavy atom. The maximum Gasteiger partial charge on any atom is 0.155 e. The van der Waals surface area contributed by atoms with Crippen LogP contribution in [0.4, 0.5) is 0 Å². The van der Waals surface area contributed by atoms with Gasteiger partial charge in [0.1, 0.15) is 17.2 Å². The van der Waals surface area contributed by atoms with E-state index in [1.807, 2.05) is 13.8 Å². The van der Waals surface area contributed by atoms with Gasteiger partial charge < -0.3 is 0 Å². The lowest BCUT2D eigenvalue weighted by Gasteiger charge is -2.30. The van der Waals surface area contributed by atoms with E-state index in [0.717, 1.165) is 55.5 Å². The molecule has 0 amide bonds. The molecule has 0 saturated carbocycles. The fourth-order valence-corrected chi connectivity index (χ4v) is 2.56. The summed E-state index contributed by atoms with van der Waals surface area (Å²) in [6.07, 6.45) is 2.30. The van der Waals surface area contributed by atoms with E-state index >= 15 is 0 Å². The highest BCUT2D eigenvalue weighted by Gasteiger charge is 2.25. The molecule has 0 spiro atoms. The Bertz CT molecular complexity index is 548. The summed E-state index contributed by atoms with van der Waals surface area (Å²) in [6, 6.07) is 0. The van der Waals surface area contributed by atoms with Crippen molar-refractivity contribution in [2.75, 3.05) is 13.1 Å². The van der Waals surface area contributed by atoms with Crippen LogP contribution in [0.3, 0.4) is 0 Å². The van der Waals surface area contributed by atoms with E-state index in [1.165, 1.54) is 0 Å². The Balaban J connectivity index is 1.66. The van der Waals surface area contributed by atoms with Crippen LogP contribution in [0.1, 0.15) is 41.8 Å². The topological polar surface area (TPSA) is 83.7 Å². The van der Waals surface area contributed by atoms with Crippen molar-refractivity contribution in [2.45, 2.75) is 39.2 Å². The lowest BCUT2D eigenvalue weighted by atomic mass is 9.97. The number of nitrogens with zero attached hydrogens (tertiary/aromatic N) is 5. The second-order valence-corrected chi connectivity index (χ2v) is 5.15. The molecule has 3 rings (SSSR count). The van der Waals surface area contributed by atoms with Crippen molar-refractivity contribution < 1.29 is 4.63 Å². The Hall–Kier alpha value is -1.76. The number of rotatable bonds is 3. The molecule has 7 heteroatoms. The van der Waals surface area contributed by atoms with Gasteiger partial charge in [-0.3, -0.25) is 10.00 Å². The summed E-state index contributed by atoms with van der Waals surface area (Å²) < 4.78 is 4.75.